The third-order valence-corrected chi connectivity index (χ3v) is 3.64. The van der Waals surface area contributed by atoms with Crippen LogP contribution in [0.5, 0.6) is 0 Å². The molecule has 2 aromatic rings. The summed E-state index contributed by atoms with van der Waals surface area (Å²) >= 11 is 0. The Balaban J connectivity index is 1.92. The van der Waals surface area contributed by atoms with E-state index >= 15 is 0 Å². The Kier molecular flexibility index (Phi) is 5.14. The Bertz CT molecular complexity index is 586. The Morgan fingerprint density at radius 2 is 1.81 bits per heavy atom. The second-order valence-corrected chi connectivity index (χ2v) is 5.31. The molecule has 0 N–H and O–H groups in total. The van der Waals surface area contributed by atoms with Crippen LogP contribution in [-0.4, -0.2) is 27.4 Å². The van der Waals surface area contributed by atoms with Crippen LogP contribution in [0.25, 0.3) is 0 Å². The molecule has 1 amide bonds. The predicted molar refractivity (Wildman–Crippen MR) is 83.9 cm³/mol. The lowest BCUT2D eigenvalue weighted by Gasteiger charge is -2.17. The minimum absolute atomic E-state index is 0.0922. The average Bonchev–Trinajstić information content (AvgIpc) is 2.95. The largest absolute Gasteiger partial charge is 0.340 e. The van der Waals surface area contributed by atoms with Gasteiger partial charge in [0, 0.05) is 19.8 Å². The quantitative estimate of drug-likeness (QED) is 0.818. The molecule has 0 aliphatic heterocycles. The zero-order valence-corrected chi connectivity index (χ0v) is 13.0. The summed E-state index contributed by atoms with van der Waals surface area (Å²) in [5, 5.41) is 0. The molecule has 0 fully saturated rings. The van der Waals surface area contributed by atoms with Gasteiger partial charge >= 0.3 is 0 Å². The summed E-state index contributed by atoms with van der Waals surface area (Å²) in [5.41, 5.74) is 3.49. The highest BCUT2D eigenvalue weighted by molar-refractivity contribution is 5.75. The highest BCUT2D eigenvalue weighted by Gasteiger charge is 2.10. The lowest BCUT2D eigenvalue weighted by Crippen LogP contribution is -2.29. The maximum Gasteiger partial charge on any atom is 0.242 e. The Hall–Kier alpha value is -2.10. The van der Waals surface area contributed by atoms with Gasteiger partial charge in [-0.25, -0.2) is 4.98 Å². The minimum Gasteiger partial charge on any atom is -0.340 e. The fraction of sp³-hybridized carbons (Fsp3) is 0.412. The maximum absolute atomic E-state index is 12.2. The number of imidazole rings is 1. The van der Waals surface area contributed by atoms with Crippen molar-refractivity contribution in [2.24, 2.45) is 0 Å². The summed E-state index contributed by atoms with van der Waals surface area (Å²) in [6.07, 6.45) is 5.58. The molecule has 2 rings (SSSR count). The smallest absolute Gasteiger partial charge is 0.242 e. The number of carbonyl (C=O) groups is 1. The van der Waals surface area contributed by atoms with E-state index in [-0.39, 0.29) is 5.91 Å². The highest BCUT2D eigenvalue weighted by atomic mass is 16.2. The molecule has 112 valence electrons. The molecule has 0 bridgehead atoms. The van der Waals surface area contributed by atoms with Crippen LogP contribution < -0.4 is 0 Å². The average molecular weight is 285 g/mol. The lowest BCUT2D eigenvalue weighted by atomic mass is 10.1. The van der Waals surface area contributed by atoms with Crippen molar-refractivity contribution >= 4 is 5.91 Å². The molecule has 0 aliphatic rings. The van der Waals surface area contributed by atoms with E-state index in [1.807, 2.05) is 17.8 Å². The molecule has 0 unspecified atom stereocenters. The summed E-state index contributed by atoms with van der Waals surface area (Å²) in [4.78, 5) is 18.2. The molecule has 1 heterocycles. The van der Waals surface area contributed by atoms with Crippen molar-refractivity contribution < 1.29 is 4.79 Å². The molecule has 0 radical (unpaired) electrons. The first-order valence-corrected chi connectivity index (χ1v) is 7.44. The van der Waals surface area contributed by atoms with Gasteiger partial charge in [0.05, 0.1) is 12.0 Å². The predicted octanol–water partition coefficient (Wildman–Crippen LogP) is 2.67. The van der Waals surface area contributed by atoms with Crippen molar-refractivity contribution in [2.45, 2.75) is 39.8 Å². The summed E-state index contributed by atoms with van der Waals surface area (Å²) < 4.78 is 1.85. The van der Waals surface area contributed by atoms with Crippen LogP contribution in [0.15, 0.2) is 36.8 Å². The maximum atomic E-state index is 12.2. The van der Waals surface area contributed by atoms with Gasteiger partial charge in [0.25, 0.3) is 0 Å². The molecule has 0 saturated carbocycles. The van der Waals surface area contributed by atoms with Gasteiger partial charge in [-0.1, -0.05) is 38.1 Å². The second kappa shape index (κ2) is 7.07. The molecule has 4 heteroatoms. The molecule has 21 heavy (non-hydrogen) atoms. The number of hydrogen-bond donors (Lipinski definition) is 0. The number of benzene rings is 1. The fourth-order valence-electron chi connectivity index (χ4n) is 2.19. The van der Waals surface area contributed by atoms with E-state index in [1.54, 1.807) is 11.2 Å². The zero-order chi connectivity index (χ0) is 15.2. The number of hydrogen-bond acceptors (Lipinski definition) is 2. The van der Waals surface area contributed by atoms with E-state index in [0.717, 1.165) is 24.1 Å². The van der Waals surface area contributed by atoms with Crippen LogP contribution in [0.3, 0.4) is 0 Å². The summed E-state index contributed by atoms with van der Waals surface area (Å²) in [6, 6.07) is 8.43. The molecule has 1 aromatic carbocycles. The van der Waals surface area contributed by atoms with Crippen molar-refractivity contribution in [2.75, 3.05) is 7.05 Å². The van der Waals surface area contributed by atoms with E-state index in [9.17, 15) is 4.79 Å². The van der Waals surface area contributed by atoms with Gasteiger partial charge in [-0.15, -0.1) is 0 Å². The van der Waals surface area contributed by atoms with Crippen molar-refractivity contribution in [3.63, 3.8) is 0 Å². The molecule has 4 nitrogen and oxygen atoms in total. The van der Waals surface area contributed by atoms with Crippen molar-refractivity contribution in [1.29, 1.82) is 0 Å². The van der Waals surface area contributed by atoms with Gasteiger partial charge in [0.15, 0.2) is 0 Å². The minimum atomic E-state index is 0.0922. The van der Waals surface area contributed by atoms with E-state index < -0.39 is 0 Å². The molecular formula is C17H23N3O. The summed E-state index contributed by atoms with van der Waals surface area (Å²) in [5.74, 6) is 0.0922. The molecule has 1 aromatic heterocycles. The van der Waals surface area contributed by atoms with Crippen LogP contribution in [0, 0.1) is 0 Å². The number of aryl methyl sites for hydroxylation is 2. The van der Waals surface area contributed by atoms with E-state index in [4.69, 9.17) is 0 Å². The van der Waals surface area contributed by atoms with Gasteiger partial charge in [-0.3, -0.25) is 4.79 Å². The standard InChI is InChI=1S/C17H23N3O/c1-4-14-6-8-15(9-7-14)10-19(3)17(21)12-20-11-16(5-2)18-13-20/h6-9,11,13H,4-5,10,12H2,1-3H3. The van der Waals surface area contributed by atoms with Gasteiger partial charge in [0.1, 0.15) is 6.54 Å². The third kappa shape index (κ3) is 4.18. The Morgan fingerprint density at radius 3 is 2.38 bits per heavy atom. The van der Waals surface area contributed by atoms with E-state index in [1.165, 1.54) is 5.56 Å². The van der Waals surface area contributed by atoms with Crippen LogP contribution >= 0.6 is 0 Å². The van der Waals surface area contributed by atoms with Gasteiger partial charge in [-0.05, 0) is 24.0 Å². The number of aromatic nitrogens is 2. The second-order valence-electron chi connectivity index (χ2n) is 5.31. The number of nitrogens with zero attached hydrogens (tertiary/aromatic N) is 3. The van der Waals surface area contributed by atoms with Gasteiger partial charge < -0.3 is 9.47 Å². The van der Waals surface area contributed by atoms with Crippen molar-refractivity contribution in [3.05, 3.63) is 53.6 Å². The summed E-state index contributed by atoms with van der Waals surface area (Å²) in [6.45, 7) is 5.18. The third-order valence-electron chi connectivity index (χ3n) is 3.64. The number of likely N-dealkylation sites (N-methyl/N-ethyl adjacent to an activating group) is 1. The molecule has 0 atom stereocenters. The van der Waals surface area contributed by atoms with E-state index in [0.29, 0.717) is 13.1 Å². The normalized spacial score (nSPS) is 10.6. The molecule has 0 saturated heterocycles. The number of rotatable bonds is 6. The van der Waals surface area contributed by atoms with Crippen LogP contribution in [0.1, 0.15) is 30.7 Å². The number of amides is 1. The molecular weight excluding hydrogens is 262 g/mol. The monoisotopic (exact) mass is 285 g/mol. The SMILES string of the molecule is CCc1ccc(CN(C)C(=O)Cn2cnc(CC)c2)cc1. The molecule has 0 aliphatic carbocycles. The summed E-state index contributed by atoms with van der Waals surface area (Å²) in [7, 11) is 1.84. The number of carbonyl (C=O) groups excluding carboxylic acids is 1. The van der Waals surface area contributed by atoms with Gasteiger partial charge in [-0.2, -0.15) is 0 Å². The van der Waals surface area contributed by atoms with Crippen molar-refractivity contribution in [1.82, 2.24) is 14.5 Å². The first-order valence-electron chi connectivity index (χ1n) is 7.44. The Labute approximate surface area is 126 Å². The van der Waals surface area contributed by atoms with Crippen LogP contribution in [0.2, 0.25) is 0 Å². The van der Waals surface area contributed by atoms with Crippen LogP contribution in [0.4, 0.5) is 0 Å². The van der Waals surface area contributed by atoms with Gasteiger partial charge in [0.2, 0.25) is 5.91 Å². The van der Waals surface area contributed by atoms with E-state index in [2.05, 4.69) is 43.1 Å². The lowest BCUT2D eigenvalue weighted by molar-refractivity contribution is -0.131. The molecule has 0 spiro atoms. The van der Waals surface area contributed by atoms with Crippen molar-refractivity contribution in [3.8, 4) is 0 Å². The Morgan fingerprint density at radius 1 is 1.14 bits per heavy atom. The topological polar surface area (TPSA) is 38.1 Å². The first kappa shape index (κ1) is 15.3. The van der Waals surface area contributed by atoms with Crippen LogP contribution in [-0.2, 0) is 30.7 Å². The first-order chi connectivity index (χ1) is 10.1. The fourth-order valence-corrected chi connectivity index (χ4v) is 2.19. The highest BCUT2D eigenvalue weighted by Crippen LogP contribution is 2.08. The zero-order valence-electron chi connectivity index (χ0n) is 13.0.